The van der Waals surface area contributed by atoms with Gasteiger partial charge in [0.1, 0.15) is 0 Å². The summed E-state index contributed by atoms with van der Waals surface area (Å²) in [6.07, 6.45) is 0. The van der Waals surface area contributed by atoms with Crippen molar-refractivity contribution in [3.8, 4) is 0 Å². The molecule has 3 amide bonds. The summed E-state index contributed by atoms with van der Waals surface area (Å²) in [7, 11) is 0. The topological polar surface area (TPSA) is 87.5 Å². The van der Waals surface area contributed by atoms with Crippen LogP contribution in [-0.4, -0.2) is 29.9 Å². The van der Waals surface area contributed by atoms with Crippen LogP contribution in [0.2, 0.25) is 0 Å². The minimum absolute atomic E-state index is 0.0497. The number of carbonyl (C=O) groups is 2. The van der Waals surface area contributed by atoms with Gasteiger partial charge in [0.2, 0.25) is 0 Å². The van der Waals surface area contributed by atoms with Crippen LogP contribution in [0.1, 0.15) is 15.9 Å². The van der Waals surface area contributed by atoms with Gasteiger partial charge in [0.15, 0.2) is 0 Å². The maximum atomic E-state index is 12.2. The van der Waals surface area contributed by atoms with Crippen molar-refractivity contribution in [2.24, 2.45) is 0 Å². The Bertz CT molecular complexity index is 728. The van der Waals surface area contributed by atoms with E-state index in [1.165, 1.54) is 0 Å². The minimum atomic E-state index is -0.214. The number of para-hydroxylation sites is 2. The van der Waals surface area contributed by atoms with Gasteiger partial charge in [-0.15, -0.1) is 0 Å². The molecule has 0 bridgehead atoms. The van der Waals surface area contributed by atoms with Gasteiger partial charge >= 0.3 is 6.03 Å². The van der Waals surface area contributed by atoms with E-state index in [-0.39, 0.29) is 11.9 Å². The fourth-order valence-electron chi connectivity index (χ4n) is 2.45. The molecule has 4 N–H and O–H groups in total. The van der Waals surface area contributed by atoms with E-state index in [0.717, 1.165) is 5.56 Å². The second-order valence-electron chi connectivity index (χ2n) is 5.39. The quantitative estimate of drug-likeness (QED) is 0.755. The number of nitrogens with zero attached hydrogens (tertiary/aromatic N) is 1. The average Bonchev–Trinajstić information content (AvgIpc) is 2.95. The van der Waals surface area contributed by atoms with E-state index in [9.17, 15) is 9.59 Å². The molecular formula is C17H18N4O2. The monoisotopic (exact) mass is 310 g/mol. The number of nitrogens with one attached hydrogen (secondary N) is 2. The van der Waals surface area contributed by atoms with Gasteiger partial charge in [0.05, 0.1) is 11.4 Å². The molecule has 1 saturated heterocycles. The SMILES string of the molecule is Nc1ccccc1NC(=O)c1ccc(CN2CCNC2=O)cc1. The van der Waals surface area contributed by atoms with Gasteiger partial charge in [-0.25, -0.2) is 4.79 Å². The van der Waals surface area contributed by atoms with Gasteiger partial charge in [-0.2, -0.15) is 0 Å². The molecule has 23 heavy (non-hydrogen) atoms. The number of rotatable bonds is 4. The molecule has 0 atom stereocenters. The van der Waals surface area contributed by atoms with Gasteiger partial charge in [0.25, 0.3) is 5.91 Å². The third-order valence-electron chi connectivity index (χ3n) is 3.74. The molecule has 1 aliphatic heterocycles. The van der Waals surface area contributed by atoms with Crippen LogP contribution in [0.15, 0.2) is 48.5 Å². The van der Waals surface area contributed by atoms with Crippen LogP contribution in [0.4, 0.5) is 16.2 Å². The van der Waals surface area contributed by atoms with E-state index in [2.05, 4.69) is 10.6 Å². The maximum absolute atomic E-state index is 12.2. The van der Waals surface area contributed by atoms with Crippen LogP contribution in [0.3, 0.4) is 0 Å². The number of anilines is 2. The highest BCUT2D eigenvalue weighted by Crippen LogP contribution is 2.18. The first-order chi connectivity index (χ1) is 11.1. The van der Waals surface area contributed by atoms with Gasteiger partial charge in [-0.05, 0) is 29.8 Å². The van der Waals surface area contributed by atoms with Crippen molar-refractivity contribution in [3.63, 3.8) is 0 Å². The van der Waals surface area contributed by atoms with E-state index >= 15 is 0 Å². The lowest BCUT2D eigenvalue weighted by Crippen LogP contribution is -2.27. The Morgan fingerprint density at radius 2 is 1.91 bits per heavy atom. The summed E-state index contributed by atoms with van der Waals surface area (Å²) in [4.78, 5) is 25.5. The minimum Gasteiger partial charge on any atom is -0.397 e. The zero-order valence-corrected chi connectivity index (χ0v) is 12.6. The van der Waals surface area contributed by atoms with Crippen LogP contribution >= 0.6 is 0 Å². The summed E-state index contributed by atoms with van der Waals surface area (Å²) >= 11 is 0. The molecule has 1 heterocycles. The molecule has 2 aromatic carbocycles. The second kappa shape index (κ2) is 6.39. The van der Waals surface area contributed by atoms with E-state index < -0.39 is 0 Å². The van der Waals surface area contributed by atoms with Crippen molar-refractivity contribution in [3.05, 3.63) is 59.7 Å². The van der Waals surface area contributed by atoms with Crippen LogP contribution in [0, 0.1) is 0 Å². The van der Waals surface area contributed by atoms with Gasteiger partial charge in [-0.1, -0.05) is 24.3 Å². The van der Waals surface area contributed by atoms with Crippen LogP contribution < -0.4 is 16.4 Å². The lowest BCUT2D eigenvalue weighted by molar-refractivity contribution is 0.102. The molecule has 6 nitrogen and oxygen atoms in total. The van der Waals surface area contributed by atoms with Crippen LogP contribution in [0.25, 0.3) is 0 Å². The Labute approximate surface area is 134 Å². The Kier molecular flexibility index (Phi) is 4.14. The zero-order chi connectivity index (χ0) is 16.2. The number of hydrogen-bond acceptors (Lipinski definition) is 3. The molecule has 1 aliphatic rings. The Hall–Kier alpha value is -3.02. The van der Waals surface area contributed by atoms with Gasteiger partial charge in [0, 0.05) is 25.2 Å². The van der Waals surface area contributed by atoms with E-state index in [1.807, 2.05) is 24.3 Å². The summed E-state index contributed by atoms with van der Waals surface area (Å²) in [5.41, 5.74) is 8.46. The Balaban J connectivity index is 1.66. The highest BCUT2D eigenvalue weighted by Gasteiger charge is 2.19. The van der Waals surface area contributed by atoms with E-state index in [0.29, 0.717) is 36.6 Å². The predicted octanol–water partition coefficient (Wildman–Crippen LogP) is 2.05. The number of hydrogen-bond donors (Lipinski definition) is 3. The summed E-state index contributed by atoms with van der Waals surface area (Å²) in [5.74, 6) is -0.214. The number of nitrogen functional groups attached to an aromatic ring is 1. The second-order valence-corrected chi connectivity index (χ2v) is 5.39. The molecule has 2 aromatic rings. The molecule has 0 radical (unpaired) electrons. The number of benzene rings is 2. The highest BCUT2D eigenvalue weighted by atomic mass is 16.2. The van der Waals surface area contributed by atoms with Crippen molar-refractivity contribution in [2.75, 3.05) is 24.1 Å². The summed E-state index contributed by atoms with van der Waals surface area (Å²) in [6.45, 7) is 1.92. The molecule has 0 unspecified atom stereocenters. The zero-order valence-electron chi connectivity index (χ0n) is 12.6. The molecule has 0 spiro atoms. The van der Waals surface area contributed by atoms with Crippen molar-refractivity contribution >= 4 is 23.3 Å². The lowest BCUT2D eigenvalue weighted by atomic mass is 10.1. The maximum Gasteiger partial charge on any atom is 0.317 e. The van der Waals surface area contributed by atoms with E-state index in [4.69, 9.17) is 5.73 Å². The number of amides is 3. The van der Waals surface area contributed by atoms with Crippen LogP contribution in [0.5, 0.6) is 0 Å². The first kappa shape index (κ1) is 14.9. The van der Waals surface area contributed by atoms with Crippen molar-refractivity contribution in [1.82, 2.24) is 10.2 Å². The van der Waals surface area contributed by atoms with Crippen LogP contribution in [-0.2, 0) is 6.54 Å². The molecule has 0 aromatic heterocycles. The molecule has 118 valence electrons. The number of carbonyl (C=O) groups excluding carboxylic acids is 2. The molecule has 1 fully saturated rings. The summed E-state index contributed by atoms with van der Waals surface area (Å²) < 4.78 is 0. The molecule has 0 aliphatic carbocycles. The number of nitrogens with two attached hydrogens (primary N) is 1. The fraction of sp³-hybridized carbons (Fsp3) is 0.176. The van der Waals surface area contributed by atoms with Crippen molar-refractivity contribution < 1.29 is 9.59 Å². The molecule has 0 saturated carbocycles. The van der Waals surface area contributed by atoms with Crippen molar-refractivity contribution in [2.45, 2.75) is 6.54 Å². The number of urea groups is 1. The lowest BCUT2D eigenvalue weighted by Gasteiger charge is -2.14. The van der Waals surface area contributed by atoms with Gasteiger partial charge < -0.3 is 21.3 Å². The normalized spacial score (nSPS) is 13.7. The van der Waals surface area contributed by atoms with Gasteiger partial charge in [-0.3, -0.25) is 4.79 Å². The predicted molar refractivity (Wildman–Crippen MR) is 89.1 cm³/mol. The summed E-state index contributed by atoms with van der Waals surface area (Å²) in [6, 6.07) is 14.3. The first-order valence-electron chi connectivity index (χ1n) is 7.41. The third-order valence-corrected chi connectivity index (χ3v) is 3.74. The highest BCUT2D eigenvalue weighted by molar-refractivity contribution is 6.05. The Morgan fingerprint density at radius 1 is 1.17 bits per heavy atom. The molecule has 3 rings (SSSR count). The van der Waals surface area contributed by atoms with Crippen molar-refractivity contribution in [1.29, 1.82) is 0 Å². The summed E-state index contributed by atoms with van der Waals surface area (Å²) in [5, 5.41) is 5.55. The largest absolute Gasteiger partial charge is 0.397 e. The fourth-order valence-corrected chi connectivity index (χ4v) is 2.45. The smallest absolute Gasteiger partial charge is 0.317 e. The molecule has 6 heteroatoms. The standard InChI is InChI=1S/C17H18N4O2/c18-14-3-1-2-4-15(14)20-16(22)13-7-5-12(6-8-13)11-21-10-9-19-17(21)23/h1-8H,9-11,18H2,(H,19,23)(H,20,22). The first-order valence-corrected chi connectivity index (χ1v) is 7.41. The van der Waals surface area contributed by atoms with E-state index in [1.54, 1.807) is 29.2 Å². The third kappa shape index (κ3) is 3.42. The Morgan fingerprint density at radius 3 is 2.57 bits per heavy atom. The average molecular weight is 310 g/mol. The molecular weight excluding hydrogens is 292 g/mol.